The summed E-state index contributed by atoms with van der Waals surface area (Å²) in [4.78, 5) is 46.2. The number of aryl methyl sites for hydroxylation is 2. The first-order chi connectivity index (χ1) is 11.8. The molecule has 132 valence electrons. The summed E-state index contributed by atoms with van der Waals surface area (Å²) < 4.78 is 6.95. The van der Waals surface area contributed by atoms with Gasteiger partial charge in [-0.25, -0.2) is 9.78 Å². The van der Waals surface area contributed by atoms with Gasteiger partial charge in [0.15, 0.2) is 10.6 Å². The summed E-state index contributed by atoms with van der Waals surface area (Å²) in [6.45, 7) is 4.96. The van der Waals surface area contributed by atoms with Crippen molar-refractivity contribution in [2.45, 2.75) is 25.9 Å². The molecule has 2 fully saturated rings. The van der Waals surface area contributed by atoms with Gasteiger partial charge in [-0.2, -0.15) is 0 Å². The summed E-state index contributed by atoms with van der Waals surface area (Å²) in [7, 11) is 1.67. The zero-order valence-electron chi connectivity index (χ0n) is 14.2. The van der Waals surface area contributed by atoms with Gasteiger partial charge in [0.25, 0.3) is 11.5 Å². The first kappa shape index (κ1) is 16.1. The van der Waals surface area contributed by atoms with Crippen LogP contribution in [-0.4, -0.2) is 63.5 Å². The molecule has 1 spiro atoms. The van der Waals surface area contributed by atoms with E-state index in [1.165, 1.54) is 26.8 Å². The summed E-state index contributed by atoms with van der Waals surface area (Å²) in [6, 6.07) is 0. The highest BCUT2D eigenvalue weighted by Crippen LogP contribution is 2.32. The van der Waals surface area contributed by atoms with E-state index < -0.39 is 5.60 Å². The van der Waals surface area contributed by atoms with E-state index in [-0.39, 0.29) is 23.1 Å². The van der Waals surface area contributed by atoms with Crippen LogP contribution in [0.3, 0.4) is 0 Å². The Hall–Kier alpha value is -2.42. The smallest absolute Gasteiger partial charge is 0.410 e. The second kappa shape index (κ2) is 5.29. The molecule has 0 radical (unpaired) electrons. The molecule has 4 rings (SSSR count). The zero-order chi connectivity index (χ0) is 17.9. The van der Waals surface area contributed by atoms with Crippen molar-refractivity contribution >= 4 is 28.3 Å². The van der Waals surface area contributed by atoms with E-state index in [0.29, 0.717) is 31.0 Å². The fourth-order valence-electron chi connectivity index (χ4n) is 3.52. The maximum atomic E-state index is 12.9. The second-order valence-corrected chi connectivity index (χ2v) is 7.90. The molecule has 0 aromatic carbocycles. The molecular weight excluding hydrogens is 344 g/mol. The van der Waals surface area contributed by atoms with Crippen molar-refractivity contribution in [2.75, 3.05) is 26.7 Å². The van der Waals surface area contributed by atoms with Crippen LogP contribution < -0.4 is 5.56 Å². The minimum Gasteiger partial charge on any atom is -0.439 e. The normalized spacial score (nSPS) is 23.1. The minimum absolute atomic E-state index is 0.0492. The predicted octanol–water partition coefficient (Wildman–Crippen LogP) is 1.04. The quantitative estimate of drug-likeness (QED) is 0.757. The average Bonchev–Trinajstić information content (AvgIpc) is 3.18. The fourth-order valence-corrected chi connectivity index (χ4v) is 4.45. The highest BCUT2D eigenvalue weighted by Gasteiger charge is 2.49. The Kier molecular flexibility index (Phi) is 3.40. The van der Waals surface area contributed by atoms with Crippen molar-refractivity contribution in [3.8, 4) is 0 Å². The lowest BCUT2D eigenvalue weighted by Gasteiger charge is -2.21. The van der Waals surface area contributed by atoms with Gasteiger partial charge in [-0.3, -0.25) is 14.0 Å². The molecule has 4 heterocycles. The average molecular weight is 362 g/mol. The van der Waals surface area contributed by atoms with Crippen LogP contribution in [0.25, 0.3) is 4.96 Å². The molecule has 9 heteroatoms. The van der Waals surface area contributed by atoms with Crippen molar-refractivity contribution in [3.63, 3.8) is 0 Å². The van der Waals surface area contributed by atoms with Crippen LogP contribution in [0.5, 0.6) is 0 Å². The van der Waals surface area contributed by atoms with Crippen molar-refractivity contribution in [1.29, 1.82) is 0 Å². The van der Waals surface area contributed by atoms with Gasteiger partial charge in [0, 0.05) is 36.8 Å². The zero-order valence-corrected chi connectivity index (χ0v) is 15.1. The maximum absolute atomic E-state index is 12.9. The van der Waals surface area contributed by atoms with Crippen LogP contribution in [0.2, 0.25) is 0 Å². The standard InChI is InChI=1S/C16H18N4O4S/c1-9-10(2)25-14-17-6-11(13(22)20(9)14)12(21)19-5-4-16(8-19)7-18(3)15(23)24-16/h6H,4-5,7-8H2,1-3H3. The summed E-state index contributed by atoms with van der Waals surface area (Å²) in [5.41, 5.74) is -0.160. The number of fused-ring (bicyclic) bond motifs is 1. The fraction of sp³-hybridized carbons (Fsp3) is 0.500. The predicted molar refractivity (Wildman–Crippen MR) is 91.2 cm³/mol. The van der Waals surface area contributed by atoms with Crippen LogP contribution in [0, 0.1) is 13.8 Å². The van der Waals surface area contributed by atoms with Crippen molar-refractivity contribution in [1.82, 2.24) is 19.2 Å². The lowest BCUT2D eigenvalue weighted by atomic mass is 10.0. The highest BCUT2D eigenvalue weighted by atomic mass is 32.1. The summed E-state index contributed by atoms with van der Waals surface area (Å²) >= 11 is 1.43. The van der Waals surface area contributed by atoms with E-state index in [1.807, 2.05) is 13.8 Å². The number of likely N-dealkylation sites (tertiary alicyclic amines) is 1. The molecule has 8 nitrogen and oxygen atoms in total. The van der Waals surface area contributed by atoms with E-state index in [2.05, 4.69) is 4.98 Å². The Balaban J connectivity index is 1.65. The highest BCUT2D eigenvalue weighted by molar-refractivity contribution is 7.17. The van der Waals surface area contributed by atoms with Gasteiger partial charge >= 0.3 is 6.09 Å². The molecule has 1 unspecified atom stereocenters. The molecule has 2 saturated heterocycles. The Morgan fingerprint density at radius 3 is 2.76 bits per heavy atom. The van der Waals surface area contributed by atoms with E-state index in [1.54, 1.807) is 11.9 Å². The van der Waals surface area contributed by atoms with Gasteiger partial charge in [-0.05, 0) is 13.8 Å². The van der Waals surface area contributed by atoms with Gasteiger partial charge in [0.2, 0.25) is 0 Å². The third-order valence-corrected chi connectivity index (χ3v) is 6.07. The Bertz CT molecular complexity index is 965. The van der Waals surface area contributed by atoms with Gasteiger partial charge in [-0.1, -0.05) is 0 Å². The second-order valence-electron chi connectivity index (χ2n) is 6.72. The van der Waals surface area contributed by atoms with Crippen LogP contribution in [0.4, 0.5) is 4.79 Å². The largest absolute Gasteiger partial charge is 0.439 e. The van der Waals surface area contributed by atoms with Crippen molar-refractivity contribution in [3.05, 3.63) is 32.7 Å². The van der Waals surface area contributed by atoms with Crippen LogP contribution in [0.15, 0.2) is 11.0 Å². The number of hydrogen-bond acceptors (Lipinski definition) is 6. The number of hydrogen-bond donors (Lipinski definition) is 0. The molecule has 2 aliphatic heterocycles. The number of aromatic nitrogens is 2. The van der Waals surface area contributed by atoms with Gasteiger partial charge in [0.05, 0.1) is 13.1 Å². The Morgan fingerprint density at radius 2 is 2.08 bits per heavy atom. The topological polar surface area (TPSA) is 84.2 Å². The van der Waals surface area contributed by atoms with E-state index in [4.69, 9.17) is 4.74 Å². The van der Waals surface area contributed by atoms with Crippen molar-refractivity contribution in [2.24, 2.45) is 0 Å². The summed E-state index contributed by atoms with van der Waals surface area (Å²) in [6.07, 6.45) is 1.55. The molecule has 1 atom stereocenters. The monoisotopic (exact) mass is 362 g/mol. The Labute approximate surface area is 147 Å². The maximum Gasteiger partial charge on any atom is 0.410 e. The van der Waals surface area contributed by atoms with E-state index in [9.17, 15) is 14.4 Å². The third-order valence-electron chi connectivity index (χ3n) is 4.99. The third kappa shape index (κ3) is 2.33. The number of likely N-dealkylation sites (N-methyl/N-ethyl adjacent to an activating group) is 1. The molecule has 25 heavy (non-hydrogen) atoms. The van der Waals surface area contributed by atoms with Crippen LogP contribution in [0.1, 0.15) is 27.3 Å². The lowest BCUT2D eigenvalue weighted by molar-refractivity contribution is 0.0552. The molecule has 0 N–H and O–H groups in total. The molecule has 2 aliphatic rings. The SMILES string of the molecule is Cc1sc2ncc(C(=O)N3CCC4(CN(C)C(=O)O4)C3)c(=O)n2c1C. The molecule has 0 aliphatic carbocycles. The Morgan fingerprint density at radius 1 is 1.32 bits per heavy atom. The number of ether oxygens (including phenoxy) is 1. The molecular formula is C16H18N4O4S. The minimum atomic E-state index is -0.663. The van der Waals surface area contributed by atoms with Gasteiger partial charge < -0.3 is 14.5 Å². The molecule has 2 aromatic rings. The molecule has 0 bridgehead atoms. The number of rotatable bonds is 1. The van der Waals surface area contributed by atoms with Gasteiger partial charge in [-0.15, -0.1) is 11.3 Å². The summed E-state index contributed by atoms with van der Waals surface area (Å²) in [5, 5.41) is 0. The van der Waals surface area contributed by atoms with Crippen LogP contribution in [-0.2, 0) is 4.74 Å². The van der Waals surface area contributed by atoms with Crippen LogP contribution >= 0.6 is 11.3 Å². The summed E-state index contributed by atoms with van der Waals surface area (Å²) in [5.74, 6) is -0.363. The van der Waals surface area contributed by atoms with Gasteiger partial charge in [0.1, 0.15) is 5.56 Å². The van der Waals surface area contributed by atoms with E-state index in [0.717, 1.165) is 10.6 Å². The first-order valence-electron chi connectivity index (χ1n) is 8.02. The number of carbonyl (C=O) groups is 2. The lowest BCUT2D eigenvalue weighted by Crippen LogP contribution is -2.40. The number of amides is 2. The molecule has 2 amide bonds. The molecule has 0 saturated carbocycles. The van der Waals surface area contributed by atoms with Crippen molar-refractivity contribution < 1.29 is 14.3 Å². The van der Waals surface area contributed by atoms with E-state index >= 15 is 0 Å². The molecule has 2 aromatic heterocycles. The number of thiazole rings is 1. The number of nitrogens with zero attached hydrogens (tertiary/aromatic N) is 4. The number of carbonyl (C=O) groups excluding carboxylic acids is 2. The first-order valence-corrected chi connectivity index (χ1v) is 8.84.